The summed E-state index contributed by atoms with van der Waals surface area (Å²) in [4.78, 5) is 0. The van der Waals surface area contributed by atoms with E-state index in [0.29, 0.717) is 0 Å². The van der Waals surface area contributed by atoms with E-state index in [2.05, 4.69) is 17.6 Å². The number of unbranched alkanes of at least 4 members (excludes halogenated alkanes) is 1. The fraction of sp³-hybridized carbons (Fsp3) is 0.923. The summed E-state index contributed by atoms with van der Waals surface area (Å²) < 4.78 is 10.7. The van der Waals surface area contributed by atoms with Gasteiger partial charge in [-0.2, -0.15) is 0 Å². The second-order valence-electron chi connectivity index (χ2n) is 4.05. The normalized spacial score (nSPS) is 10.3. The minimum absolute atomic E-state index is 0.722. The first-order valence-electron chi connectivity index (χ1n) is 6.98. The molecule has 0 radical (unpaired) electrons. The molecular weight excluding hydrogens is 248 g/mol. The Labute approximate surface area is 117 Å². The summed E-state index contributed by atoms with van der Waals surface area (Å²) in [7, 11) is 0. The van der Waals surface area contributed by atoms with Gasteiger partial charge >= 0.3 is 0 Å². The summed E-state index contributed by atoms with van der Waals surface area (Å²) in [5, 5.41) is 7.04. The molecule has 108 valence electrons. The predicted molar refractivity (Wildman–Crippen MR) is 80.1 cm³/mol. The maximum atomic E-state index is 5.46. The Hall–Kier alpha value is -0.390. The lowest BCUT2D eigenvalue weighted by Crippen LogP contribution is -2.36. The van der Waals surface area contributed by atoms with Crippen molar-refractivity contribution in [1.29, 1.82) is 0 Å². The molecule has 0 atom stereocenters. The first kappa shape index (κ1) is 17.6. The minimum Gasteiger partial charge on any atom is -0.382 e. The second kappa shape index (κ2) is 14.7. The third-order valence-corrected chi connectivity index (χ3v) is 2.64. The number of hydrogen-bond donors (Lipinski definition) is 2. The van der Waals surface area contributed by atoms with Crippen molar-refractivity contribution in [3.05, 3.63) is 0 Å². The molecule has 0 fully saturated rings. The van der Waals surface area contributed by atoms with Crippen LogP contribution in [0.1, 0.15) is 39.5 Å². The van der Waals surface area contributed by atoms with Gasteiger partial charge in [-0.3, -0.25) is 0 Å². The van der Waals surface area contributed by atoms with E-state index in [0.717, 1.165) is 63.9 Å². The molecule has 0 aliphatic carbocycles. The average Bonchev–Trinajstić information content (AvgIpc) is 2.37. The van der Waals surface area contributed by atoms with E-state index in [1.165, 1.54) is 6.42 Å². The molecule has 2 N–H and O–H groups in total. The highest BCUT2D eigenvalue weighted by molar-refractivity contribution is 7.80. The molecule has 0 spiro atoms. The Bertz CT molecular complexity index is 192. The quantitative estimate of drug-likeness (QED) is 0.422. The first-order valence-corrected chi connectivity index (χ1v) is 7.39. The Kier molecular flexibility index (Phi) is 14.4. The van der Waals surface area contributed by atoms with Crippen LogP contribution in [0.15, 0.2) is 0 Å². The zero-order valence-electron chi connectivity index (χ0n) is 11.8. The molecule has 0 unspecified atom stereocenters. The zero-order valence-corrected chi connectivity index (χ0v) is 12.6. The van der Waals surface area contributed by atoms with Crippen molar-refractivity contribution < 1.29 is 9.47 Å². The van der Waals surface area contributed by atoms with Crippen LogP contribution in [0, 0.1) is 0 Å². The summed E-state index contributed by atoms with van der Waals surface area (Å²) in [6.07, 6.45) is 4.31. The lowest BCUT2D eigenvalue weighted by atomic mass is 10.4. The van der Waals surface area contributed by atoms with Gasteiger partial charge in [0.2, 0.25) is 0 Å². The molecule has 0 aromatic rings. The van der Waals surface area contributed by atoms with Gasteiger partial charge in [-0.1, -0.05) is 13.3 Å². The Morgan fingerprint density at radius 1 is 0.889 bits per heavy atom. The van der Waals surface area contributed by atoms with Crippen LogP contribution in [-0.2, 0) is 9.47 Å². The molecule has 0 saturated carbocycles. The molecule has 0 aliphatic rings. The number of ether oxygens (including phenoxy) is 2. The summed E-state index contributed by atoms with van der Waals surface area (Å²) in [5.74, 6) is 0. The Morgan fingerprint density at radius 3 is 2.00 bits per heavy atom. The Balaban J connectivity index is 3.12. The highest BCUT2D eigenvalue weighted by Crippen LogP contribution is 1.89. The summed E-state index contributed by atoms with van der Waals surface area (Å²) in [6.45, 7) is 9.14. The van der Waals surface area contributed by atoms with Crippen LogP contribution in [0.3, 0.4) is 0 Å². The Morgan fingerprint density at radius 2 is 1.44 bits per heavy atom. The van der Waals surface area contributed by atoms with E-state index in [-0.39, 0.29) is 0 Å². The molecule has 0 aromatic heterocycles. The van der Waals surface area contributed by atoms with Gasteiger partial charge < -0.3 is 20.1 Å². The van der Waals surface area contributed by atoms with Gasteiger partial charge in [-0.15, -0.1) is 0 Å². The largest absolute Gasteiger partial charge is 0.382 e. The third-order valence-electron chi connectivity index (χ3n) is 2.35. The molecule has 5 heteroatoms. The van der Waals surface area contributed by atoms with E-state index >= 15 is 0 Å². The standard InChI is InChI=1S/C13H28N2O2S/c1-3-5-10-17-12-7-9-15-13(18)14-8-6-11-16-4-2/h3-12H2,1-2H3,(H2,14,15,18). The molecule has 18 heavy (non-hydrogen) atoms. The van der Waals surface area contributed by atoms with Gasteiger partial charge in [-0.25, -0.2) is 0 Å². The van der Waals surface area contributed by atoms with Gasteiger partial charge in [0.15, 0.2) is 5.11 Å². The maximum Gasteiger partial charge on any atom is 0.166 e. The van der Waals surface area contributed by atoms with Crippen LogP contribution in [0.4, 0.5) is 0 Å². The molecule has 0 bridgehead atoms. The highest BCUT2D eigenvalue weighted by atomic mass is 32.1. The zero-order chi connectivity index (χ0) is 13.5. The van der Waals surface area contributed by atoms with Crippen molar-refractivity contribution >= 4 is 17.3 Å². The van der Waals surface area contributed by atoms with Gasteiger partial charge in [0.1, 0.15) is 0 Å². The van der Waals surface area contributed by atoms with Crippen LogP contribution < -0.4 is 10.6 Å². The number of thiocarbonyl (C=S) groups is 1. The number of nitrogens with one attached hydrogen (secondary N) is 2. The second-order valence-corrected chi connectivity index (χ2v) is 4.46. The fourth-order valence-corrected chi connectivity index (χ4v) is 1.51. The lowest BCUT2D eigenvalue weighted by Gasteiger charge is -2.10. The molecule has 0 saturated heterocycles. The van der Waals surface area contributed by atoms with Gasteiger partial charge in [0.25, 0.3) is 0 Å². The van der Waals surface area contributed by atoms with E-state index in [9.17, 15) is 0 Å². The number of hydrogen-bond acceptors (Lipinski definition) is 3. The molecule has 4 nitrogen and oxygen atoms in total. The monoisotopic (exact) mass is 276 g/mol. The van der Waals surface area contributed by atoms with Crippen molar-refractivity contribution in [2.24, 2.45) is 0 Å². The van der Waals surface area contributed by atoms with E-state index in [1.54, 1.807) is 0 Å². The average molecular weight is 276 g/mol. The SMILES string of the molecule is CCCCOCCCNC(=S)NCCCOCC. The maximum absolute atomic E-state index is 5.46. The van der Waals surface area contributed by atoms with Crippen molar-refractivity contribution in [3.8, 4) is 0 Å². The summed E-state index contributed by atoms with van der Waals surface area (Å²) >= 11 is 5.15. The van der Waals surface area contributed by atoms with Crippen LogP contribution in [0.25, 0.3) is 0 Å². The van der Waals surface area contributed by atoms with Gasteiger partial charge in [-0.05, 0) is 38.4 Å². The highest BCUT2D eigenvalue weighted by Gasteiger charge is 1.95. The summed E-state index contributed by atoms with van der Waals surface area (Å²) in [5.41, 5.74) is 0. The van der Waals surface area contributed by atoms with Crippen molar-refractivity contribution in [3.63, 3.8) is 0 Å². The van der Waals surface area contributed by atoms with Crippen molar-refractivity contribution in [1.82, 2.24) is 10.6 Å². The lowest BCUT2D eigenvalue weighted by molar-refractivity contribution is 0.129. The van der Waals surface area contributed by atoms with Crippen molar-refractivity contribution in [2.75, 3.05) is 39.5 Å². The molecule has 0 aromatic carbocycles. The molecular formula is C13H28N2O2S. The summed E-state index contributed by atoms with van der Waals surface area (Å²) in [6, 6.07) is 0. The predicted octanol–water partition coefficient (Wildman–Crippen LogP) is 2.08. The van der Waals surface area contributed by atoms with Crippen LogP contribution >= 0.6 is 12.2 Å². The molecule has 0 heterocycles. The van der Waals surface area contributed by atoms with E-state index in [1.807, 2.05) is 6.92 Å². The van der Waals surface area contributed by atoms with Crippen LogP contribution in [0.2, 0.25) is 0 Å². The minimum atomic E-state index is 0.722. The van der Waals surface area contributed by atoms with E-state index < -0.39 is 0 Å². The van der Waals surface area contributed by atoms with Crippen LogP contribution in [-0.4, -0.2) is 44.6 Å². The van der Waals surface area contributed by atoms with Gasteiger partial charge in [0.05, 0.1) is 0 Å². The molecule has 0 rings (SSSR count). The topological polar surface area (TPSA) is 42.5 Å². The molecule has 0 amide bonds. The smallest absolute Gasteiger partial charge is 0.166 e. The fourth-order valence-electron chi connectivity index (χ4n) is 1.31. The first-order chi connectivity index (χ1) is 8.81. The van der Waals surface area contributed by atoms with Crippen LogP contribution in [0.5, 0.6) is 0 Å². The van der Waals surface area contributed by atoms with Gasteiger partial charge in [0, 0.05) is 39.5 Å². The van der Waals surface area contributed by atoms with Crippen molar-refractivity contribution in [2.45, 2.75) is 39.5 Å². The molecule has 0 aliphatic heterocycles. The third kappa shape index (κ3) is 13.7. The van der Waals surface area contributed by atoms with E-state index in [4.69, 9.17) is 21.7 Å². The number of rotatable bonds is 12.